The summed E-state index contributed by atoms with van der Waals surface area (Å²) in [5.41, 5.74) is 6.76. The van der Waals surface area contributed by atoms with E-state index in [-0.39, 0.29) is 5.91 Å². The van der Waals surface area contributed by atoms with Gasteiger partial charge in [-0.05, 0) is 12.8 Å². The van der Waals surface area contributed by atoms with E-state index in [9.17, 15) is 4.79 Å². The van der Waals surface area contributed by atoms with Crippen molar-refractivity contribution in [3.05, 3.63) is 10.6 Å². The number of carbonyl (C=O) groups excluding carboxylic acids is 1. The Balaban J connectivity index is 1.82. The summed E-state index contributed by atoms with van der Waals surface area (Å²) in [5, 5.41) is 0.642. The van der Waals surface area contributed by atoms with Crippen molar-refractivity contribution in [2.45, 2.75) is 33.7 Å². The highest BCUT2D eigenvalue weighted by molar-refractivity contribution is 7.15. The van der Waals surface area contributed by atoms with Crippen molar-refractivity contribution in [3.63, 3.8) is 0 Å². The normalized spacial score (nSPS) is 16.9. The summed E-state index contributed by atoms with van der Waals surface area (Å²) >= 11 is 1.57. The molecule has 5 nitrogen and oxygen atoms in total. The smallest absolute Gasteiger partial charge is 0.222 e. The number of nitrogens with two attached hydrogens (primary N) is 1. The fourth-order valence-corrected chi connectivity index (χ4v) is 3.31. The van der Waals surface area contributed by atoms with Gasteiger partial charge in [0.2, 0.25) is 5.91 Å². The predicted octanol–water partition coefficient (Wildman–Crippen LogP) is 1.72. The minimum absolute atomic E-state index is 0.290. The van der Waals surface area contributed by atoms with Gasteiger partial charge in [0.1, 0.15) is 0 Å². The van der Waals surface area contributed by atoms with Gasteiger partial charge in [-0.15, -0.1) is 11.3 Å². The molecule has 1 aliphatic heterocycles. The third-order valence-corrected chi connectivity index (χ3v) is 4.56. The SMILES string of the molecule is Cc1nc(N)sc1CN1CCN(C(=O)CC(C)C)CC1. The van der Waals surface area contributed by atoms with Crippen LogP contribution in [0.15, 0.2) is 0 Å². The highest BCUT2D eigenvalue weighted by Gasteiger charge is 2.22. The summed E-state index contributed by atoms with van der Waals surface area (Å²) in [6.07, 6.45) is 0.657. The van der Waals surface area contributed by atoms with E-state index in [0.717, 1.165) is 38.4 Å². The van der Waals surface area contributed by atoms with Gasteiger partial charge in [-0.2, -0.15) is 0 Å². The minimum Gasteiger partial charge on any atom is -0.375 e. The zero-order valence-electron chi connectivity index (χ0n) is 12.6. The molecule has 0 radical (unpaired) electrons. The lowest BCUT2D eigenvalue weighted by molar-refractivity contribution is -0.133. The summed E-state index contributed by atoms with van der Waals surface area (Å²) in [4.78, 5) is 21.9. The summed E-state index contributed by atoms with van der Waals surface area (Å²) in [7, 11) is 0. The van der Waals surface area contributed by atoms with Gasteiger partial charge in [0.05, 0.1) is 5.69 Å². The number of aromatic nitrogens is 1. The molecule has 1 saturated heterocycles. The molecule has 0 bridgehead atoms. The molecule has 2 N–H and O–H groups in total. The van der Waals surface area contributed by atoms with Crippen LogP contribution in [0.3, 0.4) is 0 Å². The van der Waals surface area contributed by atoms with E-state index in [1.54, 1.807) is 11.3 Å². The number of anilines is 1. The summed E-state index contributed by atoms with van der Waals surface area (Å²) < 4.78 is 0. The molecular formula is C14H24N4OS. The number of thiazole rings is 1. The second-order valence-electron chi connectivity index (χ2n) is 5.82. The highest BCUT2D eigenvalue weighted by atomic mass is 32.1. The molecule has 0 spiro atoms. The van der Waals surface area contributed by atoms with E-state index in [1.165, 1.54) is 4.88 Å². The quantitative estimate of drug-likeness (QED) is 0.919. The third kappa shape index (κ3) is 3.93. The second kappa shape index (κ2) is 6.54. The van der Waals surface area contributed by atoms with Crippen molar-refractivity contribution in [2.75, 3.05) is 31.9 Å². The van der Waals surface area contributed by atoms with E-state index in [4.69, 9.17) is 5.73 Å². The molecular weight excluding hydrogens is 272 g/mol. The van der Waals surface area contributed by atoms with E-state index in [2.05, 4.69) is 23.7 Å². The molecule has 6 heteroatoms. The summed E-state index contributed by atoms with van der Waals surface area (Å²) in [5.74, 6) is 0.723. The number of amides is 1. The van der Waals surface area contributed by atoms with Crippen LogP contribution in [0.25, 0.3) is 0 Å². The van der Waals surface area contributed by atoms with Crippen molar-refractivity contribution in [3.8, 4) is 0 Å². The number of piperazine rings is 1. The van der Waals surface area contributed by atoms with Crippen molar-refractivity contribution >= 4 is 22.4 Å². The number of nitrogen functional groups attached to an aromatic ring is 1. The Labute approximate surface area is 124 Å². The van der Waals surface area contributed by atoms with Gasteiger partial charge in [-0.3, -0.25) is 9.69 Å². The van der Waals surface area contributed by atoms with Crippen LogP contribution in [-0.4, -0.2) is 46.9 Å². The van der Waals surface area contributed by atoms with Gasteiger partial charge in [0.15, 0.2) is 5.13 Å². The van der Waals surface area contributed by atoms with Crippen LogP contribution in [0.4, 0.5) is 5.13 Å². The maximum absolute atomic E-state index is 12.0. The zero-order valence-corrected chi connectivity index (χ0v) is 13.4. The van der Waals surface area contributed by atoms with Gasteiger partial charge in [0.25, 0.3) is 0 Å². The van der Waals surface area contributed by atoms with Crippen molar-refractivity contribution in [1.82, 2.24) is 14.8 Å². The first-order chi connectivity index (χ1) is 9.45. The molecule has 0 aliphatic carbocycles. The van der Waals surface area contributed by atoms with Crippen LogP contribution in [0.2, 0.25) is 0 Å². The number of nitrogens with zero attached hydrogens (tertiary/aromatic N) is 3. The fourth-order valence-electron chi connectivity index (χ4n) is 2.43. The van der Waals surface area contributed by atoms with Crippen molar-refractivity contribution in [1.29, 1.82) is 0 Å². The fraction of sp³-hybridized carbons (Fsp3) is 0.714. The molecule has 1 aliphatic rings. The lowest BCUT2D eigenvalue weighted by Crippen LogP contribution is -2.48. The third-order valence-electron chi connectivity index (χ3n) is 3.58. The topological polar surface area (TPSA) is 62.5 Å². The average molecular weight is 296 g/mol. The lowest BCUT2D eigenvalue weighted by Gasteiger charge is -2.34. The van der Waals surface area contributed by atoms with Gasteiger partial charge in [-0.1, -0.05) is 13.8 Å². The van der Waals surface area contributed by atoms with Crippen LogP contribution in [0.1, 0.15) is 30.8 Å². The molecule has 2 rings (SSSR count). The number of carbonyl (C=O) groups is 1. The first kappa shape index (κ1) is 15.3. The number of hydrogen-bond donors (Lipinski definition) is 1. The first-order valence-corrected chi connectivity index (χ1v) is 7.99. The zero-order chi connectivity index (χ0) is 14.7. The molecule has 1 aromatic rings. The predicted molar refractivity (Wildman–Crippen MR) is 82.6 cm³/mol. The van der Waals surface area contributed by atoms with E-state index in [0.29, 0.717) is 17.5 Å². The number of rotatable bonds is 4. The van der Waals surface area contributed by atoms with Gasteiger partial charge < -0.3 is 10.6 Å². The Morgan fingerprint density at radius 1 is 1.35 bits per heavy atom. The Morgan fingerprint density at radius 3 is 2.50 bits per heavy atom. The highest BCUT2D eigenvalue weighted by Crippen LogP contribution is 2.22. The average Bonchev–Trinajstić information content (AvgIpc) is 2.68. The van der Waals surface area contributed by atoms with E-state index >= 15 is 0 Å². The van der Waals surface area contributed by atoms with Crippen LogP contribution >= 0.6 is 11.3 Å². The number of aryl methyl sites for hydroxylation is 1. The Bertz CT molecular complexity index is 464. The standard InChI is InChI=1S/C14H24N4OS/c1-10(2)8-13(19)18-6-4-17(5-7-18)9-12-11(3)16-14(15)20-12/h10H,4-9H2,1-3H3,(H2,15,16). The largest absolute Gasteiger partial charge is 0.375 e. The van der Waals surface area contributed by atoms with Gasteiger partial charge in [-0.25, -0.2) is 4.98 Å². The van der Waals surface area contributed by atoms with E-state index < -0.39 is 0 Å². The molecule has 0 saturated carbocycles. The maximum atomic E-state index is 12.0. The summed E-state index contributed by atoms with van der Waals surface area (Å²) in [6, 6.07) is 0. The molecule has 2 heterocycles. The molecule has 1 amide bonds. The van der Waals surface area contributed by atoms with Crippen LogP contribution in [-0.2, 0) is 11.3 Å². The van der Waals surface area contributed by atoms with Gasteiger partial charge in [0, 0.05) is 44.0 Å². The Kier molecular flexibility index (Phi) is 4.99. The van der Waals surface area contributed by atoms with Crippen LogP contribution in [0, 0.1) is 12.8 Å². The first-order valence-electron chi connectivity index (χ1n) is 7.17. The van der Waals surface area contributed by atoms with Crippen molar-refractivity contribution in [2.24, 2.45) is 5.92 Å². The van der Waals surface area contributed by atoms with E-state index in [1.807, 2.05) is 11.8 Å². The maximum Gasteiger partial charge on any atom is 0.222 e. The molecule has 0 unspecified atom stereocenters. The van der Waals surface area contributed by atoms with Gasteiger partial charge >= 0.3 is 0 Å². The molecule has 0 aromatic carbocycles. The molecule has 112 valence electrons. The number of hydrogen-bond acceptors (Lipinski definition) is 5. The van der Waals surface area contributed by atoms with Crippen LogP contribution < -0.4 is 5.73 Å². The Morgan fingerprint density at radius 2 is 2.00 bits per heavy atom. The van der Waals surface area contributed by atoms with Crippen molar-refractivity contribution < 1.29 is 4.79 Å². The van der Waals surface area contributed by atoms with Crippen LogP contribution in [0.5, 0.6) is 0 Å². The minimum atomic E-state index is 0.290. The Hall–Kier alpha value is -1.14. The summed E-state index contributed by atoms with van der Waals surface area (Å²) in [6.45, 7) is 10.6. The molecule has 20 heavy (non-hydrogen) atoms. The molecule has 1 aromatic heterocycles. The lowest BCUT2D eigenvalue weighted by atomic mass is 10.1. The second-order valence-corrected chi connectivity index (χ2v) is 6.93. The molecule has 0 atom stereocenters. The molecule has 1 fully saturated rings. The monoisotopic (exact) mass is 296 g/mol.